The molecule has 0 atom stereocenters. The summed E-state index contributed by atoms with van der Waals surface area (Å²) >= 11 is 7.46. The highest BCUT2D eigenvalue weighted by molar-refractivity contribution is 7.18. The largest absolute Gasteiger partial charge is 0.370 e. The first kappa shape index (κ1) is 20.7. The topological polar surface area (TPSA) is 61.4 Å². The molecule has 2 heterocycles. The highest BCUT2D eigenvalue weighted by Crippen LogP contribution is 2.34. The van der Waals surface area contributed by atoms with E-state index in [1.807, 2.05) is 45.9 Å². The van der Waals surface area contributed by atoms with Crippen molar-refractivity contribution in [3.05, 3.63) is 39.7 Å². The second kappa shape index (κ2) is 8.13. The van der Waals surface area contributed by atoms with Crippen LogP contribution in [0.25, 0.3) is 0 Å². The van der Waals surface area contributed by atoms with E-state index >= 15 is 0 Å². The molecule has 0 spiro atoms. The van der Waals surface area contributed by atoms with Crippen molar-refractivity contribution in [2.24, 2.45) is 5.41 Å². The SMILES string of the molecule is Cc1cc(NC(=O)C(C)(C)C)sc1C(=O)Nc1cc(Cl)ccc1N1CCCC1. The quantitative estimate of drug-likeness (QED) is 0.683. The predicted octanol–water partition coefficient (Wildman–Crippen LogP) is 5.55. The molecule has 150 valence electrons. The first-order valence-electron chi connectivity index (χ1n) is 9.43. The molecule has 0 aliphatic carbocycles. The summed E-state index contributed by atoms with van der Waals surface area (Å²) in [7, 11) is 0. The van der Waals surface area contributed by atoms with Crippen molar-refractivity contribution in [1.29, 1.82) is 0 Å². The lowest BCUT2D eigenvalue weighted by molar-refractivity contribution is -0.123. The number of hydrogen-bond donors (Lipinski definition) is 2. The maximum Gasteiger partial charge on any atom is 0.266 e. The maximum absolute atomic E-state index is 12.9. The fourth-order valence-electron chi connectivity index (χ4n) is 3.09. The molecule has 1 aliphatic rings. The number of carbonyl (C=O) groups excluding carboxylic acids is 2. The van der Waals surface area contributed by atoms with Crippen molar-refractivity contribution >= 4 is 51.1 Å². The average Bonchev–Trinajstić information content (AvgIpc) is 3.24. The zero-order chi connectivity index (χ0) is 20.5. The van der Waals surface area contributed by atoms with Crippen LogP contribution in [-0.2, 0) is 4.79 Å². The number of hydrogen-bond acceptors (Lipinski definition) is 4. The van der Waals surface area contributed by atoms with E-state index < -0.39 is 5.41 Å². The molecule has 0 bridgehead atoms. The van der Waals surface area contributed by atoms with Crippen molar-refractivity contribution in [2.45, 2.75) is 40.5 Å². The Balaban J connectivity index is 1.80. The Hall–Kier alpha value is -2.05. The van der Waals surface area contributed by atoms with Crippen molar-refractivity contribution in [2.75, 3.05) is 28.6 Å². The standard InChI is InChI=1S/C21H26ClN3O2S/c1-13-11-17(24-20(27)21(2,3)4)28-18(13)19(26)23-15-12-14(22)7-8-16(15)25-9-5-6-10-25/h7-8,11-12H,5-6,9-10H2,1-4H3,(H,23,26)(H,24,27). The molecule has 1 aromatic carbocycles. The minimum Gasteiger partial charge on any atom is -0.370 e. The monoisotopic (exact) mass is 419 g/mol. The van der Waals surface area contributed by atoms with Gasteiger partial charge in [0.25, 0.3) is 5.91 Å². The number of nitrogens with one attached hydrogen (secondary N) is 2. The Kier molecular flexibility index (Phi) is 6.01. The number of rotatable bonds is 4. The molecular weight excluding hydrogens is 394 g/mol. The van der Waals surface area contributed by atoms with Gasteiger partial charge in [-0.2, -0.15) is 0 Å². The van der Waals surface area contributed by atoms with Gasteiger partial charge in [0.1, 0.15) is 0 Å². The van der Waals surface area contributed by atoms with Gasteiger partial charge in [0.2, 0.25) is 5.91 Å². The van der Waals surface area contributed by atoms with Gasteiger partial charge in [-0.1, -0.05) is 32.4 Å². The summed E-state index contributed by atoms with van der Waals surface area (Å²) < 4.78 is 0. The second-order valence-corrected chi connectivity index (χ2v) is 9.63. The summed E-state index contributed by atoms with van der Waals surface area (Å²) in [5, 5.41) is 7.17. The maximum atomic E-state index is 12.9. The minimum absolute atomic E-state index is 0.0770. The van der Waals surface area contributed by atoms with Crippen LogP contribution < -0.4 is 15.5 Å². The third kappa shape index (κ3) is 4.67. The lowest BCUT2D eigenvalue weighted by Crippen LogP contribution is -2.27. The highest BCUT2D eigenvalue weighted by Gasteiger charge is 2.24. The van der Waals surface area contributed by atoms with E-state index in [1.165, 1.54) is 11.3 Å². The molecule has 1 aromatic heterocycles. The number of aryl methyl sites for hydroxylation is 1. The number of benzene rings is 1. The molecule has 3 rings (SSSR count). The first-order valence-corrected chi connectivity index (χ1v) is 10.6. The molecule has 0 radical (unpaired) electrons. The van der Waals surface area contributed by atoms with E-state index in [0.717, 1.165) is 37.2 Å². The van der Waals surface area contributed by atoms with Crippen LogP contribution >= 0.6 is 22.9 Å². The fourth-order valence-corrected chi connectivity index (χ4v) is 4.22. The molecule has 2 N–H and O–H groups in total. The summed E-state index contributed by atoms with van der Waals surface area (Å²) in [4.78, 5) is 28.0. The van der Waals surface area contributed by atoms with Gasteiger partial charge in [-0.25, -0.2) is 0 Å². The van der Waals surface area contributed by atoms with Crippen molar-refractivity contribution in [3.8, 4) is 0 Å². The van der Waals surface area contributed by atoms with Crippen molar-refractivity contribution in [1.82, 2.24) is 0 Å². The average molecular weight is 420 g/mol. The Bertz CT molecular complexity index is 896. The van der Waals surface area contributed by atoms with E-state index in [9.17, 15) is 9.59 Å². The number of halogens is 1. The van der Waals surface area contributed by atoms with Gasteiger partial charge in [-0.3, -0.25) is 9.59 Å². The number of anilines is 3. The lowest BCUT2D eigenvalue weighted by Gasteiger charge is -2.21. The molecule has 5 nitrogen and oxygen atoms in total. The predicted molar refractivity (Wildman–Crippen MR) is 118 cm³/mol. The number of thiophene rings is 1. The Morgan fingerprint density at radius 1 is 1.11 bits per heavy atom. The van der Waals surface area contributed by atoms with Crippen LogP contribution in [0.3, 0.4) is 0 Å². The molecule has 2 aromatic rings. The van der Waals surface area contributed by atoms with Crippen LogP contribution in [0.15, 0.2) is 24.3 Å². The molecule has 1 fully saturated rings. The molecule has 0 unspecified atom stereocenters. The van der Waals surface area contributed by atoms with Crippen LogP contribution in [0.4, 0.5) is 16.4 Å². The zero-order valence-corrected chi connectivity index (χ0v) is 18.3. The molecule has 2 amide bonds. The molecule has 1 aliphatic heterocycles. The number of amides is 2. The summed E-state index contributed by atoms with van der Waals surface area (Å²) in [6.07, 6.45) is 2.30. The summed E-state index contributed by atoms with van der Waals surface area (Å²) in [5.41, 5.74) is 2.04. The second-order valence-electron chi connectivity index (χ2n) is 8.14. The van der Waals surface area contributed by atoms with Crippen LogP contribution in [0.2, 0.25) is 5.02 Å². The molecule has 0 saturated carbocycles. The van der Waals surface area contributed by atoms with Crippen LogP contribution in [0.5, 0.6) is 0 Å². The van der Waals surface area contributed by atoms with Gasteiger partial charge in [-0.05, 0) is 49.6 Å². The zero-order valence-electron chi connectivity index (χ0n) is 16.7. The highest BCUT2D eigenvalue weighted by atomic mass is 35.5. The molecule has 28 heavy (non-hydrogen) atoms. The van der Waals surface area contributed by atoms with Crippen LogP contribution in [-0.4, -0.2) is 24.9 Å². The van der Waals surface area contributed by atoms with Crippen LogP contribution in [0, 0.1) is 12.3 Å². The van der Waals surface area contributed by atoms with Gasteiger partial charge < -0.3 is 15.5 Å². The number of carbonyl (C=O) groups is 2. The normalized spacial score (nSPS) is 14.2. The van der Waals surface area contributed by atoms with Gasteiger partial charge in [0.15, 0.2) is 0 Å². The summed E-state index contributed by atoms with van der Waals surface area (Å²) in [6.45, 7) is 9.40. The van der Waals surface area contributed by atoms with Gasteiger partial charge >= 0.3 is 0 Å². The Labute approximate surface area is 175 Å². The third-order valence-corrected chi connectivity index (χ3v) is 6.08. The minimum atomic E-state index is -0.494. The third-order valence-electron chi connectivity index (χ3n) is 4.70. The molecular formula is C21H26ClN3O2S. The van der Waals surface area contributed by atoms with E-state index in [-0.39, 0.29) is 11.8 Å². The van der Waals surface area contributed by atoms with Crippen molar-refractivity contribution < 1.29 is 9.59 Å². The van der Waals surface area contributed by atoms with E-state index in [2.05, 4.69) is 15.5 Å². The fraction of sp³-hybridized carbons (Fsp3) is 0.429. The van der Waals surface area contributed by atoms with E-state index in [0.29, 0.717) is 20.6 Å². The molecule has 1 saturated heterocycles. The van der Waals surface area contributed by atoms with E-state index in [1.54, 1.807) is 6.07 Å². The lowest BCUT2D eigenvalue weighted by atomic mass is 9.96. The van der Waals surface area contributed by atoms with Gasteiger partial charge in [0.05, 0.1) is 21.3 Å². The van der Waals surface area contributed by atoms with Gasteiger partial charge in [0, 0.05) is 23.5 Å². The van der Waals surface area contributed by atoms with Crippen molar-refractivity contribution in [3.63, 3.8) is 0 Å². The number of nitrogens with zero attached hydrogens (tertiary/aromatic N) is 1. The smallest absolute Gasteiger partial charge is 0.266 e. The summed E-state index contributed by atoms with van der Waals surface area (Å²) in [6, 6.07) is 7.43. The first-order chi connectivity index (χ1) is 13.1. The molecule has 7 heteroatoms. The Morgan fingerprint density at radius 2 is 1.79 bits per heavy atom. The van der Waals surface area contributed by atoms with E-state index in [4.69, 9.17) is 11.6 Å². The van der Waals surface area contributed by atoms with Gasteiger partial charge in [-0.15, -0.1) is 11.3 Å². The summed E-state index contributed by atoms with van der Waals surface area (Å²) in [5.74, 6) is -0.270. The Morgan fingerprint density at radius 3 is 2.43 bits per heavy atom. The van der Waals surface area contributed by atoms with Crippen LogP contribution in [0.1, 0.15) is 48.8 Å².